The maximum Gasteiger partial charge on any atom is 0.140 e. The van der Waals surface area contributed by atoms with Crippen molar-refractivity contribution >= 4 is 27.3 Å². The molecule has 1 rings (SSSR count). The topological polar surface area (TPSA) is 62.0 Å². The van der Waals surface area contributed by atoms with E-state index >= 15 is 0 Å². The molecule has 0 aromatic carbocycles. The van der Waals surface area contributed by atoms with E-state index in [-0.39, 0.29) is 10.7 Å². The van der Waals surface area contributed by atoms with Gasteiger partial charge < -0.3 is 4.55 Å². The second-order valence-electron chi connectivity index (χ2n) is 5.00. The summed E-state index contributed by atoms with van der Waals surface area (Å²) in [5.74, 6) is 0.280. The van der Waals surface area contributed by atoms with Gasteiger partial charge in [0.1, 0.15) is 4.75 Å². The van der Waals surface area contributed by atoms with E-state index in [1.165, 1.54) is 0 Å². The lowest BCUT2D eigenvalue weighted by atomic mass is 9.92. The van der Waals surface area contributed by atoms with Gasteiger partial charge >= 0.3 is 0 Å². The van der Waals surface area contributed by atoms with E-state index in [1.807, 2.05) is 27.0 Å². The highest BCUT2D eigenvalue weighted by Gasteiger charge is 2.32. The van der Waals surface area contributed by atoms with Crippen molar-refractivity contribution in [3.05, 3.63) is 28.0 Å². The highest BCUT2D eigenvalue weighted by atomic mass is 79.9. The average molecular weight is 319 g/mol. The lowest BCUT2D eigenvalue weighted by Gasteiger charge is -2.27. The monoisotopic (exact) mass is 318 g/mol. The number of hydrogen-bond acceptors (Lipinski definition) is 3. The molecule has 0 spiro atoms. The fraction of sp³-hybridized carbons (Fsp3) is 0.583. The first kappa shape index (κ1) is 15.0. The van der Waals surface area contributed by atoms with Gasteiger partial charge in [-0.2, -0.15) is 5.14 Å². The largest absolute Gasteiger partial charge is 0.598 e. The van der Waals surface area contributed by atoms with Crippen LogP contribution in [-0.2, 0) is 11.4 Å². The Kier molecular flexibility index (Phi) is 5.01. The van der Waals surface area contributed by atoms with Gasteiger partial charge in [0.05, 0.1) is 5.69 Å². The average Bonchev–Trinajstić information content (AvgIpc) is 2.21. The van der Waals surface area contributed by atoms with Crippen LogP contribution in [0.1, 0.15) is 44.4 Å². The van der Waals surface area contributed by atoms with Crippen LogP contribution >= 0.6 is 15.9 Å². The molecule has 2 atom stereocenters. The maximum atomic E-state index is 11.4. The summed E-state index contributed by atoms with van der Waals surface area (Å²) < 4.78 is 12.0. The molecule has 1 heterocycles. The SMILES string of the molecule is Cc1ncc(C(C)CC(C)(C)[S+](N)[O-])cc1Br. The Hall–Kier alpha value is -0.100. The van der Waals surface area contributed by atoms with Gasteiger partial charge in [0.15, 0.2) is 0 Å². The van der Waals surface area contributed by atoms with E-state index < -0.39 is 11.4 Å². The minimum atomic E-state index is -1.31. The van der Waals surface area contributed by atoms with Crippen molar-refractivity contribution < 1.29 is 4.55 Å². The molecule has 17 heavy (non-hydrogen) atoms. The van der Waals surface area contributed by atoms with Crippen molar-refractivity contribution in [2.75, 3.05) is 0 Å². The van der Waals surface area contributed by atoms with Crippen LogP contribution in [0.4, 0.5) is 0 Å². The number of pyridine rings is 1. The number of aryl methyl sites for hydroxylation is 1. The van der Waals surface area contributed by atoms with E-state index in [0.717, 1.165) is 22.2 Å². The summed E-state index contributed by atoms with van der Waals surface area (Å²) in [7, 11) is 0. The predicted molar refractivity (Wildman–Crippen MR) is 76.1 cm³/mol. The lowest BCUT2D eigenvalue weighted by molar-refractivity contribution is 0.499. The van der Waals surface area contributed by atoms with Gasteiger partial charge in [0.25, 0.3) is 0 Å². The molecule has 5 heteroatoms. The number of nitrogens with zero attached hydrogens (tertiary/aromatic N) is 1. The summed E-state index contributed by atoms with van der Waals surface area (Å²) in [5, 5.41) is 5.50. The van der Waals surface area contributed by atoms with Crippen LogP contribution in [0.15, 0.2) is 16.7 Å². The fourth-order valence-corrected chi connectivity index (χ4v) is 2.51. The second kappa shape index (κ2) is 5.69. The third-order valence-corrected chi connectivity index (χ3v) is 5.02. The molecule has 0 aliphatic rings. The number of halogens is 1. The van der Waals surface area contributed by atoms with Gasteiger partial charge in [0, 0.05) is 28.5 Å². The van der Waals surface area contributed by atoms with Gasteiger partial charge in [-0.25, -0.2) is 0 Å². The number of nitrogens with two attached hydrogens (primary N) is 1. The van der Waals surface area contributed by atoms with E-state index in [9.17, 15) is 4.55 Å². The minimum absolute atomic E-state index is 0.280. The van der Waals surface area contributed by atoms with Crippen LogP contribution in [0.2, 0.25) is 0 Å². The summed E-state index contributed by atoms with van der Waals surface area (Å²) in [6, 6.07) is 2.07. The van der Waals surface area contributed by atoms with Crippen LogP contribution in [-0.4, -0.2) is 14.3 Å². The zero-order valence-electron chi connectivity index (χ0n) is 10.7. The molecule has 0 fully saturated rings. The molecule has 0 aliphatic carbocycles. The molecular formula is C12H19BrN2OS. The maximum absolute atomic E-state index is 11.4. The Bertz CT molecular complexity index is 396. The van der Waals surface area contributed by atoms with Crippen molar-refractivity contribution in [2.45, 2.75) is 44.8 Å². The van der Waals surface area contributed by atoms with Gasteiger partial charge in [-0.05, 0) is 54.2 Å². The van der Waals surface area contributed by atoms with E-state index in [1.54, 1.807) is 0 Å². The Morgan fingerprint density at radius 3 is 2.65 bits per heavy atom. The van der Waals surface area contributed by atoms with Gasteiger partial charge in [-0.15, -0.1) is 0 Å². The molecule has 1 aromatic heterocycles. The first-order valence-corrected chi connectivity index (χ1v) is 7.53. The first-order valence-electron chi connectivity index (χ1n) is 5.52. The van der Waals surface area contributed by atoms with Gasteiger partial charge in [-0.3, -0.25) is 4.98 Å². The summed E-state index contributed by atoms with van der Waals surface area (Å²) >= 11 is 2.16. The molecule has 2 N–H and O–H groups in total. The molecule has 96 valence electrons. The normalized spacial score (nSPS) is 15.7. The van der Waals surface area contributed by atoms with Gasteiger partial charge in [0.2, 0.25) is 0 Å². The highest BCUT2D eigenvalue weighted by molar-refractivity contribution is 9.10. The van der Waals surface area contributed by atoms with E-state index in [4.69, 9.17) is 5.14 Å². The van der Waals surface area contributed by atoms with Crippen LogP contribution in [0.5, 0.6) is 0 Å². The summed E-state index contributed by atoms with van der Waals surface area (Å²) in [6.07, 6.45) is 2.65. The zero-order chi connectivity index (χ0) is 13.2. The minimum Gasteiger partial charge on any atom is -0.598 e. The standard InChI is InChI=1S/C12H19BrN2OS/c1-8(6-12(3,4)17(14)16)10-5-11(13)9(2)15-7-10/h5,7-8H,6,14H2,1-4H3. The molecule has 0 bridgehead atoms. The Labute approximate surface area is 115 Å². The van der Waals surface area contributed by atoms with Crippen LogP contribution in [0, 0.1) is 6.92 Å². The third-order valence-electron chi connectivity index (χ3n) is 2.96. The molecular weight excluding hydrogens is 300 g/mol. The van der Waals surface area contributed by atoms with Crippen molar-refractivity contribution in [1.82, 2.24) is 4.98 Å². The molecule has 2 unspecified atom stereocenters. The Balaban J connectivity index is 2.83. The van der Waals surface area contributed by atoms with Crippen molar-refractivity contribution in [3.8, 4) is 0 Å². The summed E-state index contributed by atoms with van der Waals surface area (Å²) in [6.45, 7) is 7.91. The molecule has 0 saturated carbocycles. The van der Waals surface area contributed by atoms with Crippen LogP contribution in [0.25, 0.3) is 0 Å². The van der Waals surface area contributed by atoms with Crippen LogP contribution < -0.4 is 5.14 Å². The van der Waals surface area contributed by atoms with E-state index in [0.29, 0.717) is 0 Å². The predicted octanol–water partition coefficient (Wildman–Crippen LogP) is 3.05. The van der Waals surface area contributed by atoms with Crippen molar-refractivity contribution in [2.24, 2.45) is 5.14 Å². The molecule has 0 saturated heterocycles. The lowest BCUT2D eigenvalue weighted by Crippen LogP contribution is -2.38. The molecule has 0 aliphatic heterocycles. The number of rotatable bonds is 4. The van der Waals surface area contributed by atoms with Crippen LogP contribution in [0.3, 0.4) is 0 Å². The smallest absolute Gasteiger partial charge is 0.140 e. The van der Waals surface area contributed by atoms with Gasteiger partial charge in [-0.1, -0.05) is 6.92 Å². The molecule has 0 radical (unpaired) electrons. The zero-order valence-corrected chi connectivity index (χ0v) is 13.1. The Morgan fingerprint density at radius 1 is 1.59 bits per heavy atom. The van der Waals surface area contributed by atoms with Crippen molar-refractivity contribution in [1.29, 1.82) is 0 Å². The first-order chi connectivity index (χ1) is 7.74. The van der Waals surface area contributed by atoms with Crippen molar-refractivity contribution in [3.63, 3.8) is 0 Å². The quantitative estimate of drug-likeness (QED) is 0.868. The molecule has 3 nitrogen and oxygen atoms in total. The van der Waals surface area contributed by atoms with E-state index in [2.05, 4.69) is 33.9 Å². The molecule has 0 amide bonds. The highest BCUT2D eigenvalue weighted by Crippen LogP contribution is 2.30. The Morgan fingerprint density at radius 2 is 2.18 bits per heavy atom. The summed E-state index contributed by atoms with van der Waals surface area (Å²) in [4.78, 5) is 4.32. The number of aromatic nitrogens is 1. The fourth-order valence-electron chi connectivity index (χ4n) is 1.73. The molecule has 1 aromatic rings. The third kappa shape index (κ3) is 3.95. The summed E-state index contributed by atoms with van der Waals surface area (Å²) in [5.41, 5.74) is 2.11. The second-order valence-corrected chi connectivity index (χ2v) is 7.55. The number of hydrogen-bond donors (Lipinski definition) is 1.